The molecule has 0 aliphatic carbocycles. The van der Waals surface area contributed by atoms with Gasteiger partial charge in [-0.05, 0) is 46.4 Å². The van der Waals surface area contributed by atoms with Crippen molar-refractivity contribution in [2.75, 3.05) is 11.9 Å². The van der Waals surface area contributed by atoms with Gasteiger partial charge in [0.15, 0.2) is 0 Å². The van der Waals surface area contributed by atoms with Crippen LogP contribution in [0.25, 0.3) is 11.1 Å². The molecule has 0 atom stereocenters. The van der Waals surface area contributed by atoms with Gasteiger partial charge in [0.25, 0.3) is 0 Å². The third-order valence-electron chi connectivity index (χ3n) is 3.71. The highest BCUT2D eigenvalue weighted by Gasteiger charge is 2.08. The Morgan fingerprint density at radius 2 is 1.56 bits per heavy atom. The standard InChI is InChI=1S/C21H18INO2/c22-18-11-5-6-12-19(18)23-21(24)14-15-25-20-13-7-4-10-17(20)16-8-2-1-3-9-16/h1-13H,14-15H2,(H,23,24). The predicted molar refractivity (Wildman–Crippen MR) is 110 cm³/mol. The molecule has 126 valence electrons. The molecule has 0 aliphatic rings. The summed E-state index contributed by atoms with van der Waals surface area (Å²) in [6, 6.07) is 25.7. The molecule has 0 spiro atoms. The van der Waals surface area contributed by atoms with E-state index in [1.165, 1.54) is 0 Å². The lowest BCUT2D eigenvalue weighted by Gasteiger charge is -2.12. The SMILES string of the molecule is O=C(CCOc1ccccc1-c1ccccc1)Nc1ccccc1I. The van der Waals surface area contributed by atoms with Gasteiger partial charge in [-0.3, -0.25) is 4.79 Å². The molecule has 0 bridgehead atoms. The largest absolute Gasteiger partial charge is 0.492 e. The van der Waals surface area contributed by atoms with Gasteiger partial charge in [0.05, 0.1) is 18.7 Å². The van der Waals surface area contributed by atoms with Crippen LogP contribution in [0, 0.1) is 3.57 Å². The van der Waals surface area contributed by atoms with Crippen LogP contribution in [0.1, 0.15) is 6.42 Å². The topological polar surface area (TPSA) is 38.3 Å². The summed E-state index contributed by atoms with van der Waals surface area (Å²) in [5.74, 6) is 0.733. The molecule has 0 aromatic heterocycles. The molecule has 25 heavy (non-hydrogen) atoms. The number of halogens is 1. The van der Waals surface area contributed by atoms with Crippen LogP contribution in [0.2, 0.25) is 0 Å². The van der Waals surface area contributed by atoms with Crippen molar-refractivity contribution >= 4 is 34.2 Å². The Hall–Kier alpha value is -2.34. The molecule has 3 nitrogen and oxygen atoms in total. The van der Waals surface area contributed by atoms with E-state index in [2.05, 4.69) is 27.9 Å². The number of rotatable bonds is 6. The molecule has 0 saturated carbocycles. The van der Waals surface area contributed by atoms with Gasteiger partial charge in [0.2, 0.25) is 5.91 Å². The first-order valence-electron chi connectivity index (χ1n) is 8.05. The summed E-state index contributed by atoms with van der Waals surface area (Å²) in [4.78, 5) is 12.1. The Balaban J connectivity index is 1.60. The second-order valence-electron chi connectivity index (χ2n) is 5.49. The molecule has 0 unspecified atom stereocenters. The van der Waals surface area contributed by atoms with Crippen molar-refractivity contribution in [2.45, 2.75) is 6.42 Å². The second-order valence-corrected chi connectivity index (χ2v) is 6.65. The van der Waals surface area contributed by atoms with Gasteiger partial charge in [-0.15, -0.1) is 0 Å². The maximum absolute atomic E-state index is 12.1. The molecule has 1 N–H and O–H groups in total. The number of anilines is 1. The molecule has 3 aromatic rings. The van der Waals surface area contributed by atoms with E-state index in [1.54, 1.807) is 0 Å². The number of nitrogens with one attached hydrogen (secondary N) is 1. The van der Waals surface area contributed by atoms with Crippen LogP contribution in [0.15, 0.2) is 78.9 Å². The fourth-order valence-corrected chi connectivity index (χ4v) is 3.00. The maximum atomic E-state index is 12.1. The van der Waals surface area contributed by atoms with Gasteiger partial charge < -0.3 is 10.1 Å². The Bertz CT molecular complexity index is 849. The van der Waals surface area contributed by atoms with Crippen LogP contribution in [0.5, 0.6) is 5.75 Å². The smallest absolute Gasteiger partial charge is 0.227 e. The van der Waals surface area contributed by atoms with E-state index in [9.17, 15) is 4.79 Å². The summed E-state index contributed by atoms with van der Waals surface area (Å²) < 4.78 is 6.88. The molecule has 0 fully saturated rings. The molecule has 3 rings (SSSR count). The van der Waals surface area contributed by atoms with Gasteiger partial charge in [-0.1, -0.05) is 60.7 Å². The molecule has 0 radical (unpaired) electrons. The Kier molecular flexibility index (Phi) is 6.06. The number of carbonyl (C=O) groups is 1. The van der Waals surface area contributed by atoms with E-state index in [4.69, 9.17) is 4.74 Å². The summed E-state index contributed by atoms with van der Waals surface area (Å²) in [5, 5.41) is 2.92. The average molecular weight is 443 g/mol. The van der Waals surface area contributed by atoms with E-state index < -0.39 is 0 Å². The number of ether oxygens (including phenoxy) is 1. The van der Waals surface area contributed by atoms with Crippen LogP contribution in [-0.2, 0) is 4.79 Å². The lowest BCUT2D eigenvalue weighted by atomic mass is 10.1. The molecule has 0 heterocycles. The average Bonchev–Trinajstić information content (AvgIpc) is 2.65. The normalized spacial score (nSPS) is 10.3. The van der Waals surface area contributed by atoms with Crippen molar-refractivity contribution in [3.63, 3.8) is 0 Å². The van der Waals surface area contributed by atoms with Crippen molar-refractivity contribution in [2.24, 2.45) is 0 Å². The van der Waals surface area contributed by atoms with Crippen molar-refractivity contribution in [3.05, 3.63) is 82.4 Å². The zero-order valence-electron chi connectivity index (χ0n) is 13.6. The van der Waals surface area contributed by atoms with Gasteiger partial charge in [-0.25, -0.2) is 0 Å². The van der Waals surface area contributed by atoms with E-state index in [-0.39, 0.29) is 5.91 Å². The third kappa shape index (κ3) is 4.82. The number of amides is 1. The Morgan fingerprint density at radius 3 is 2.36 bits per heavy atom. The van der Waals surface area contributed by atoms with E-state index in [0.717, 1.165) is 26.1 Å². The van der Waals surface area contributed by atoms with E-state index in [1.807, 2.05) is 78.9 Å². The quantitative estimate of drug-likeness (QED) is 0.521. The van der Waals surface area contributed by atoms with Crippen LogP contribution in [0.4, 0.5) is 5.69 Å². The monoisotopic (exact) mass is 443 g/mol. The fourth-order valence-electron chi connectivity index (χ4n) is 2.48. The highest BCUT2D eigenvalue weighted by atomic mass is 127. The lowest BCUT2D eigenvalue weighted by Crippen LogP contribution is -2.16. The molecule has 3 aromatic carbocycles. The van der Waals surface area contributed by atoms with Crippen LogP contribution >= 0.6 is 22.6 Å². The third-order valence-corrected chi connectivity index (χ3v) is 4.65. The molecule has 0 aliphatic heterocycles. The first-order chi connectivity index (χ1) is 12.2. The maximum Gasteiger partial charge on any atom is 0.227 e. The van der Waals surface area contributed by atoms with Gasteiger partial charge >= 0.3 is 0 Å². The molecular weight excluding hydrogens is 425 g/mol. The molecule has 4 heteroatoms. The Labute approximate surface area is 161 Å². The van der Waals surface area contributed by atoms with Crippen LogP contribution in [0.3, 0.4) is 0 Å². The van der Waals surface area contributed by atoms with Crippen molar-refractivity contribution in [3.8, 4) is 16.9 Å². The highest BCUT2D eigenvalue weighted by molar-refractivity contribution is 14.1. The summed E-state index contributed by atoms with van der Waals surface area (Å²) in [7, 11) is 0. The van der Waals surface area contributed by atoms with E-state index in [0.29, 0.717) is 13.0 Å². The second kappa shape index (κ2) is 8.67. The molecular formula is C21H18INO2. The minimum Gasteiger partial charge on any atom is -0.492 e. The summed E-state index contributed by atoms with van der Waals surface area (Å²) in [6.07, 6.45) is 0.300. The molecule has 1 amide bonds. The first-order valence-corrected chi connectivity index (χ1v) is 9.13. The zero-order chi connectivity index (χ0) is 17.5. The van der Waals surface area contributed by atoms with Crippen LogP contribution < -0.4 is 10.1 Å². The van der Waals surface area contributed by atoms with Gasteiger partial charge in [0, 0.05) is 9.13 Å². The number of hydrogen-bond donors (Lipinski definition) is 1. The minimum absolute atomic E-state index is 0.0543. The summed E-state index contributed by atoms with van der Waals surface area (Å²) in [6.45, 7) is 0.332. The van der Waals surface area contributed by atoms with Crippen molar-refractivity contribution < 1.29 is 9.53 Å². The Morgan fingerprint density at radius 1 is 0.880 bits per heavy atom. The summed E-state index contributed by atoms with van der Waals surface area (Å²) >= 11 is 2.21. The van der Waals surface area contributed by atoms with Gasteiger partial charge in [0.1, 0.15) is 5.75 Å². The van der Waals surface area contributed by atoms with Crippen molar-refractivity contribution in [1.82, 2.24) is 0 Å². The fraction of sp³-hybridized carbons (Fsp3) is 0.0952. The van der Waals surface area contributed by atoms with Crippen molar-refractivity contribution in [1.29, 1.82) is 0 Å². The summed E-state index contributed by atoms with van der Waals surface area (Å²) in [5.41, 5.74) is 2.96. The highest BCUT2D eigenvalue weighted by Crippen LogP contribution is 2.29. The predicted octanol–water partition coefficient (Wildman–Crippen LogP) is 5.37. The zero-order valence-corrected chi connectivity index (χ0v) is 15.8. The van der Waals surface area contributed by atoms with E-state index >= 15 is 0 Å². The first kappa shape index (κ1) is 17.5. The lowest BCUT2D eigenvalue weighted by molar-refractivity contribution is -0.116. The van der Waals surface area contributed by atoms with Crippen LogP contribution in [-0.4, -0.2) is 12.5 Å². The minimum atomic E-state index is -0.0543. The number of hydrogen-bond acceptors (Lipinski definition) is 2. The van der Waals surface area contributed by atoms with Gasteiger partial charge in [-0.2, -0.15) is 0 Å². The number of carbonyl (C=O) groups excluding carboxylic acids is 1. The molecule has 0 saturated heterocycles. The number of benzene rings is 3. The number of para-hydroxylation sites is 2.